The van der Waals surface area contributed by atoms with E-state index in [2.05, 4.69) is 20.0 Å². The zero-order chi connectivity index (χ0) is 91.3. The number of ether oxygens (including phenoxy) is 2. The molecular weight excluding hydrogens is 1810 g/mol. The fourth-order valence-corrected chi connectivity index (χ4v) is 15.7. The van der Waals surface area contributed by atoms with Crippen molar-refractivity contribution in [3.05, 3.63) is 32.2 Å². The first-order chi connectivity index (χ1) is 49.7. The van der Waals surface area contributed by atoms with Crippen LogP contribution in [0, 0.1) is 11.8 Å². The number of aromatic nitrogens is 2. The van der Waals surface area contributed by atoms with Crippen molar-refractivity contribution in [2.75, 3.05) is 13.2 Å². The van der Waals surface area contributed by atoms with Crippen molar-refractivity contribution < 1.29 is 248 Å². The van der Waals surface area contributed by atoms with E-state index in [9.17, 15) is 159 Å². The van der Waals surface area contributed by atoms with Gasteiger partial charge < -0.3 is 20.1 Å². The minimum absolute atomic E-state index is 0.0532. The quantitative estimate of drug-likeness (QED) is 0.0389. The fraction of sp³-hybridized carbons (Fsp3) is 0.824. The first kappa shape index (κ1) is 104. The molecule has 0 bridgehead atoms. The molecule has 0 aliphatic carbocycles. The number of alkyl carbamates (subject to hydrolysis) is 1. The number of nitrogens with one attached hydrogen (secondary N) is 2. The summed E-state index contributed by atoms with van der Waals surface area (Å²) in [6.07, 6.45) is -42.2. The molecule has 2 aromatic rings. The second-order valence-corrected chi connectivity index (χ2v) is 31.5. The van der Waals surface area contributed by atoms with E-state index < -0.39 is 254 Å². The number of nitrogens with zero attached hydrogens (tertiary/aromatic N) is 2. The zero-order valence-corrected chi connectivity index (χ0v) is 57.5. The standard InChI is InChI=1S/C51H41F51N4O5S2Si/c1-6-110-26(108)20-16-113-24(104-20)21(17(2)3)105-23(107)19-15-112-25(103-19)22(18(4)5)106-27(109)111-10-14-114(11-7-28(52,53)31(58,59)34(64,65)37(70,71)40(76,77)43(82,83)46(88,89)49(94,95)96,12-8-29(54,55)32(60,61)35(66,67)38(72,73)41(78,79)44(84,85)47(90,91)50(97,98)99)13-9-30(56,57)33(62,63)36(68,69)39(74,75)42(80,81)45(86,87)48(92,93)51(100,101)102/h15-18,21-22H,6-14H2,1-5H3,(H,105,107)(H,106,109)/t21-,22-/m0/s1. The van der Waals surface area contributed by atoms with Gasteiger partial charge in [-0.15, -0.1) is 22.7 Å². The normalized spacial score (nSPS) is 16.2. The molecule has 0 aromatic carbocycles. The third kappa shape index (κ3) is 16.8. The Bertz CT molecular complexity index is 3410. The van der Waals surface area contributed by atoms with Crippen LogP contribution in [0.15, 0.2) is 10.8 Å². The molecule has 2 heterocycles. The molecule has 0 unspecified atom stereocenters. The van der Waals surface area contributed by atoms with Gasteiger partial charge in [0.15, 0.2) is 5.69 Å². The van der Waals surface area contributed by atoms with Gasteiger partial charge in [-0.2, -0.15) is 224 Å². The van der Waals surface area contributed by atoms with E-state index in [1.54, 1.807) is 5.32 Å². The molecule has 114 heavy (non-hydrogen) atoms. The lowest BCUT2D eigenvalue weighted by Gasteiger charge is -2.44. The van der Waals surface area contributed by atoms with Crippen LogP contribution in [0.1, 0.15) is 97.0 Å². The summed E-state index contributed by atoms with van der Waals surface area (Å²) in [6.45, 7) is 2.98. The Kier molecular flexibility index (Phi) is 28.7. The molecule has 668 valence electrons. The molecule has 0 aliphatic heterocycles. The number of rotatable bonds is 39. The maximum atomic E-state index is 15.7. The third-order valence-electron chi connectivity index (χ3n) is 16.3. The maximum Gasteiger partial charge on any atom is 0.460 e. The van der Waals surface area contributed by atoms with E-state index in [-0.39, 0.29) is 28.6 Å². The molecule has 9 nitrogen and oxygen atoms in total. The van der Waals surface area contributed by atoms with Crippen molar-refractivity contribution in [1.82, 2.24) is 20.6 Å². The van der Waals surface area contributed by atoms with E-state index in [0.717, 1.165) is 24.6 Å². The predicted octanol–water partition coefficient (Wildman–Crippen LogP) is 23.0. The Morgan fingerprint density at radius 2 is 0.561 bits per heavy atom. The van der Waals surface area contributed by atoms with Gasteiger partial charge in [-0.3, -0.25) is 4.79 Å². The number of hydrogen-bond donors (Lipinski definition) is 2. The van der Waals surface area contributed by atoms with Gasteiger partial charge in [-0.05, 0) is 24.8 Å². The summed E-state index contributed by atoms with van der Waals surface area (Å²) in [6, 6.07) is -18.3. The SMILES string of the molecule is CCOC(=O)c1csc([C@@H](NC(=O)c2csc([C@@H](NC(=O)OCC[Si](CCC(F)(F)C(F)(F)C(F)(F)C(F)(F)C(F)(F)C(F)(F)C(F)(F)C(F)(F)F)(CCC(F)(F)C(F)(F)C(F)(F)C(F)(F)C(F)(F)C(F)(F)C(F)(F)C(F)(F)F)CCC(F)(F)C(F)(F)C(F)(F)C(F)(F)C(F)(F)C(F)(F)C(F)(F)C(F)(F)F)C(C)C)n2)C(C)C)n1. The minimum Gasteiger partial charge on any atom is -0.461 e. The molecule has 0 saturated heterocycles. The van der Waals surface area contributed by atoms with Crippen molar-refractivity contribution in [2.24, 2.45) is 11.8 Å². The molecule has 2 rings (SSSR count). The van der Waals surface area contributed by atoms with Gasteiger partial charge in [0.2, 0.25) is 0 Å². The van der Waals surface area contributed by atoms with Gasteiger partial charge >= 0.3 is 155 Å². The Labute approximate surface area is 606 Å². The molecule has 0 saturated carbocycles. The number of carbonyl (C=O) groups is 3. The predicted molar refractivity (Wildman–Crippen MR) is 278 cm³/mol. The van der Waals surface area contributed by atoms with Crippen LogP contribution in [-0.2, 0) is 9.47 Å². The van der Waals surface area contributed by atoms with E-state index >= 15 is 79.0 Å². The Balaban J connectivity index is 3.29. The Hall–Kier alpha value is -5.88. The van der Waals surface area contributed by atoms with Crippen molar-refractivity contribution in [3.63, 3.8) is 0 Å². The molecule has 0 radical (unpaired) electrons. The van der Waals surface area contributed by atoms with Gasteiger partial charge in [0, 0.05) is 30.0 Å². The van der Waals surface area contributed by atoms with E-state index in [1.165, 1.54) is 20.8 Å². The summed E-state index contributed by atoms with van der Waals surface area (Å²) < 4.78 is 740. The minimum atomic E-state index is -9.78. The Morgan fingerprint density at radius 3 is 0.807 bits per heavy atom. The van der Waals surface area contributed by atoms with Crippen molar-refractivity contribution >= 4 is 48.7 Å². The number of esters is 1. The average Bonchev–Trinajstić information content (AvgIpc) is 0.811. The molecule has 2 aromatic heterocycles. The summed E-state index contributed by atoms with van der Waals surface area (Å²) >= 11 is 0.918. The third-order valence-corrected chi connectivity index (χ3v) is 23.4. The van der Waals surface area contributed by atoms with Gasteiger partial charge in [-0.25, -0.2) is 19.6 Å². The van der Waals surface area contributed by atoms with Crippen molar-refractivity contribution in [3.8, 4) is 0 Å². The highest BCUT2D eigenvalue weighted by molar-refractivity contribution is 7.10. The summed E-state index contributed by atoms with van der Waals surface area (Å²) in [5.74, 6) is -200. The Morgan fingerprint density at radius 1 is 0.333 bits per heavy atom. The van der Waals surface area contributed by atoms with Crippen molar-refractivity contribution in [2.45, 2.75) is 233 Å². The highest BCUT2D eigenvalue weighted by Gasteiger charge is 2.99. The highest BCUT2D eigenvalue weighted by Crippen LogP contribution is 2.69. The maximum absolute atomic E-state index is 15.7. The smallest absolute Gasteiger partial charge is 0.460 e. The monoisotopic (exact) mass is 1850 g/mol. The summed E-state index contributed by atoms with van der Waals surface area (Å²) in [4.78, 5) is 46.7. The first-order valence-electron chi connectivity index (χ1n) is 29.2. The van der Waals surface area contributed by atoms with Gasteiger partial charge in [0.25, 0.3) is 5.91 Å². The first-order valence-corrected chi connectivity index (χ1v) is 33.7. The van der Waals surface area contributed by atoms with Crippen LogP contribution in [0.4, 0.5) is 229 Å². The van der Waals surface area contributed by atoms with Crippen molar-refractivity contribution in [1.29, 1.82) is 0 Å². The number of alkyl halides is 51. The molecule has 0 fully saturated rings. The fourth-order valence-electron chi connectivity index (χ4n) is 9.11. The number of amides is 2. The molecule has 0 aliphatic rings. The van der Waals surface area contributed by atoms with Crippen LogP contribution in [0.2, 0.25) is 24.2 Å². The summed E-state index contributed by atoms with van der Waals surface area (Å²) in [7, 11) is -7.87. The summed E-state index contributed by atoms with van der Waals surface area (Å²) in [5.41, 5.74) is -1.10. The van der Waals surface area contributed by atoms with Crippen LogP contribution in [0.3, 0.4) is 0 Å². The average molecular weight is 1850 g/mol. The van der Waals surface area contributed by atoms with Crippen LogP contribution in [0.5, 0.6) is 0 Å². The molecular formula is C51H41F51N4O5S2Si. The zero-order valence-electron chi connectivity index (χ0n) is 54.9. The molecule has 2 amide bonds. The van der Waals surface area contributed by atoms with Gasteiger partial charge in [0.1, 0.15) is 15.7 Å². The number of carbonyl (C=O) groups excluding carboxylic acids is 3. The topological polar surface area (TPSA) is 120 Å². The molecule has 2 atom stereocenters. The van der Waals surface area contributed by atoms with E-state index in [0.29, 0.717) is 11.3 Å². The van der Waals surface area contributed by atoms with Crippen LogP contribution < -0.4 is 10.6 Å². The van der Waals surface area contributed by atoms with Crippen LogP contribution in [0.25, 0.3) is 0 Å². The lowest BCUT2D eigenvalue weighted by Crippen LogP contribution is -2.74. The second kappa shape index (κ2) is 31.4. The molecule has 2 N–H and O–H groups in total. The van der Waals surface area contributed by atoms with Crippen LogP contribution >= 0.6 is 22.7 Å². The highest BCUT2D eigenvalue weighted by atomic mass is 32.1. The van der Waals surface area contributed by atoms with Crippen LogP contribution in [-0.4, -0.2) is 192 Å². The number of hydrogen-bond acceptors (Lipinski definition) is 9. The number of halogens is 51. The lowest BCUT2D eigenvalue weighted by atomic mass is 9.88. The van der Waals surface area contributed by atoms with Gasteiger partial charge in [0.05, 0.1) is 33.4 Å². The lowest BCUT2D eigenvalue weighted by molar-refractivity contribution is -0.461. The second-order valence-electron chi connectivity index (χ2n) is 24.8. The largest absolute Gasteiger partial charge is 0.461 e. The molecule has 63 heteroatoms. The van der Waals surface area contributed by atoms with Gasteiger partial charge in [-0.1, -0.05) is 45.8 Å². The van der Waals surface area contributed by atoms with E-state index in [1.807, 2.05) is 0 Å². The summed E-state index contributed by atoms with van der Waals surface area (Å²) in [5, 5.41) is 5.01. The molecule has 0 spiro atoms. The van der Waals surface area contributed by atoms with E-state index in [4.69, 9.17) is 4.74 Å². The number of thiazole rings is 2.